The van der Waals surface area contributed by atoms with Crippen molar-refractivity contribution in [3.05, 3.63) is 21.3 Å². The number of hydrogen-bond acceptors (Lipinski definition) is 2. The van der Waals surface area contributed by atoms with Gasteiger partial charge in [0.05, 0.1) is 16.5 Å². The SMILES string of the molecule is Clc1ccsc1C(Br)C1CCOC1. The predicted molar refractivity (Wildman–Crippen MR) is 59.9 cm³/mol. The second-order valence-corrected chi connectivity index (χ2v) is 5.50. The van der Waals surface area contributed by atoms with Crippen LogP contribution in [0.25, 0.3) is 0 Å². The summed E-state index contributed by atoms with van der Waals surface area (Å²) in [6.45, 7) is 1.74. The fourth-order valence-electron chi connectivity index (χ4n) is 1.50. The molecular formula is C9H10BrClOS. The smallest absolute Gasteiger partial charge is 0.0556 e. The van der Waals surface area contributed by atoms with E-state index in [0.717, 1.165) is 24.7 Å². The molecular weight excluding hydrogens is 272 g/mol. The quantitative estimate of drug-likeness (QED) is 0.748. The van der Waals surface area contributed by atoms with E-state index in [4.69, 9.17) is 16.3 Å². The normalized spacial score (nSPS) is 24.9. The monoisotopic (exact) mass is 280 g/mol. The number of halogens is 2. The molecule has 2 heterocycles. The van der Waals surface area contributed by atoms with Crippen LogP contribution in [0, 0.1) is 5.92 Å². The number of hydrogen-bond donors (Lipinski definition) is 0. The minimum atomic E-state index is 0.363. The van der Waals surface area contributed by atoms with Crippen LogP contribution in [0.3, 0.4) is 0 Å². The molecule has 1 saturated heterocycles. The van der Waals surface area contributed by atoms with Crippen LogP contribution < -0.4 is 0 Å². The van der Waals surface area contributed by atoms with Gasteiger partial charge in [0, 0.05) is 17.4 Å². The van der Waals surface area contributed by atoms with E-state index >= 15 is 0 Å². The van der Waals surface area contributed by atoms with Crippen molar-refractivity contribution in [2.45, 2.75) is 11.2 Å². The van der Waals surface area contributed by atoms with Gasteiger partial charge >= 0.3 is 0 Å². The predicted octanol–water partition coefficient (Wildman–Crippen LogP) is 3.87. The molecule has 1 fully saturated rings. The minimum Gasteiger partial charge on any atom is -0.381 e. The molecule has 2 rings (SSSR count). The van der Waals surface area contributed by atoms with Crippen molar-refractivity contribution in [2.75, 3.05) is 13.2 Å². The molecule has 0 radical (unpaired) electrons. The Hall–Kier alpha value is 0.430. The summed E-state index contributed by atoms with van der Waals surface area (Å²) in [7, 11) is 0. The molecule has 0 bridgehead atoms. The van der Waals surface area contributed by atoms with Crippen molar-refractivity contribution in [3.8, 4) is 0 Å². The molecule has 0 saturated carbocycles. The first-order valence-corrected chi connectivity index (χ1v) is 6.41. The van der Waals surface area contributed by atoms with Gasteiger partial charge in [0.1, 0.15) is 0 Å². The summed E-state index contributed by atoms with van der Waals surface area (Å²) >= 11 is 11.5. The van der Waals surface area contributed by atoms with Crippen LogP contribution in [-0.4, -0.2) is 13.2 Å². The van der Waals surface area contributed by atoms with E-state index in [1.165, 1.54) is 4.88 Å². The van der Waals surface area contributed by atoms with Crippen LogP contribution in [-0.2, 0) is 4.74 Å². The molecule has 1 aliphatic heterocycles. The molecule has 2 unspecified atom stereocenters. The molecule has 1 aromatic rings. The Morgan fingerprint density at radius 2 is 2.54 bits per heavy atom. The van der Waals surface area contributed by atoms with Crippen LogP contribution >= 0.6 is 38.9 Å². The van der Waals surface area contributed by atoms with Gasteiger partial charge in [-0.05, 0) is 17.9 Å². The first kappa shape index (κ1) is 9.97. The second-order valence-electron chi connectivity index (χ2n) is 3.16. The number of thiophene rings is 1. The molecule has 1 nitrogen and oxygen atoms in total. The number of ether oxygens (including phenoxy) is 1. The van der Waals surface area contributed by atoms with E-state index < -0.39 is 0 Å². The first-order chi connectivity index (χ1) is 6.29. The molecule has 72 valence electrons. The van der Waals surface area contributed by atoms with E-state index in [2.05, 4.69) is 15.9 Å². The molecule has 1 aliphatic rings. The van der Waals surface area contributed by atoms with Crippen molar-refractivity contribution >= 4 is 38.9 Å². The van der Waals surface area contributed by atoms with Crippen molar-refractivity contribution in [1.82, 2.24) is 0 Å². The van der Waals surface area contributed by atoms with Crippen molar-refractivity contribution in [1.29, 1.82) is 0 Å². The molecule has 0 spiro atoms. The zero-order valence-corrected chi connectivity index (χ0v) is 10.2. The summed E-state index contributed by atoms with van der Waals surface area (Å²) in [6, 6.07) is 1.95. The zero-order chi connectivity index (χ0) is 9.26. The van der Waals surface area contributed by atoms with Crippen LogP contribution in [0.1, 0.15) is 16.1 Å². The molecule has 0 aromatic carbocycles. The van der Waals surface area contributed by atoms with Gasteiger partial charge in [-0.1, -0.05) is 27.5 Å². The Bertz CT molecular complexity index is 283. The van der Waals surface area contributed by atoms with E-state index in [0.29, 0.717) is 10.7 Å². The third-order valence-electron chi connectivity index (χ3n) is 2.27. The fraction of sp³-hybridized carbons (Fsp3) is 0.556. The van der Waals surface area contributed by atoms with Crippen LogP contribution in [0.15, 0.2) is 11.4 Å². The third kappa shape index (κ3) is 2.09. The highest BCUT2D eigenvalue weighted by Gasteiger charge is 2.26. The van der Waals surface area contributed by atoms with Crippen LogP contribution in [0.5, 0.6) is 0 Å². The Morgan fingerprint density at radius 3 is 3.08 bits per heavy atom. The lowest BCUT2D eigenvalue weighted by molar-refractivity contribution is 0.186. The summed E-state index contributed by atoms with van der Waals surface area (Å²) < 4.78 is 5.35. The van der Waals surface area contributed by atoms with Gasteiger partial charge in [-0.25, -0.2) is 0 Å². The highest BCUT2D eigenvalue weighted by atomic mass is 79.9. The summed E-state index contributed by atoms with van der Waals surface area (Å²) in [6.07, 6.45) is 1.13. The average molecular weight is 282 g/mol. The van der Waals surface area contributed by atoms with Gasteiger partial charge < -0.3 is 4.74 Å². The van der Waals surface area contributed by atoms with Gasteiger partial charge in [-0.15, -0.1) is 11.3 Å². The van der Waals surface area contributed by atoms with E-state index in [1.54, 1.807) is 11.3 Å². The summed E-state index contributed by atoms with van der Waals surface area (Å²) in [5.41, 5.74) is 0. The first-order valence-electron chi connectivity index (χ1n) is 4.23. The number of rotatable bonds is 2. The van der Waals surface area contributed by atoms with Gasteiger partial charge in [-0.3, -0.25) is 0 Å². The topological polar surface area (TPSA) is 9.23 Å². The Labute approximate surface area is 95.2 Å². The largest absolute Gasteiger partial charge is 0.381 e. The molecule has 0 aliphatic carbocycles. The van der Waals surface area contributed by atoms with Crippen molar-refractivity contribution < 1.29 is 4.74 Å². The maximum absolute atomic E-state index is 6.05. The highest BCUT2D eigenvalue weighted by Crippen LogP contribution is 2.41. The Kier molecular flexibility index (Phi) is 3.30. The maximum atomic E-state index is 6.05. The Morgan fingerprint density at radius 1 is 1.69 bits per heavy atom. The van der Waals surface area contributed by atoms with Crippen molar-refractivity contribution in [2.24, 2.45) is 5.92 Å². The molecule has 13 heavy (non-hydrogen) atoms. The lowest BCUT2D eigenvalue weighted by atomic mass is 10.0. The Balaban J connectivity index is 2.12. The fourth-order valence-corrected chi connectivity index (χ4v) is 3.86. The summed E-state index contributed by atoms with van der Waals surface area (Å²) in [5.74, 6) is 0.580. The summed E-state index contributed by atoms with van der Waals surface area (Å²) in [4.78, 5) is 1.60. The highest BCUT2D eigenvalue weighted by molar-refractivity contribution is 9.09. The maximum Gasteiger partial charge on any atom is 0.0556 e. The third-order valence-corrected chi connectivity index (χ3v) is 5.22. The van der Waals surface area contributed by atoms with Crippen molar-refractivity contribution in [3.63, 3.8) is 0 Å². The molecule has 2 atom stereocenters. The van der Waals surface area contributed by atoms with Crippen LogP contribution in [0.2, 0.25) is 5.02 Å². The van der Waals surface area contributed by atoms with E-state index in [-0.39, 0.29) is 0 Å². The van der Waals surface area contributed by atoms with Gasteiger partial charge in [0.25, 0.3) is 0 Å². The standard InChI is InChI=1S/C9H10BrClOS/c10-8(6-1-3-12-5-6)9-7(11)2-4-13-9/h2,4,6,8H,1,3,5H2. The van der Waals surface area contributed by atoms with E-state index in [1.807, 2.05) is 11.4 Å². The van der Waals surface area contributed by atoms with Gasteiger partial charge in [-0.2, -0.15) is 0 Å². The molecule has 0 amide bonds. The lowest BCUT2D eigenvalue weighted by Gasteiger charge is -2.14. The van der Waals surface area contributed by atoms with Gasteiger partial charge in [0.2, 0.25) is 0 Å². The lowest BCUT2D eigenvalue weighted by Crippen LogP contribution is -2.05. The molecule has 1 aromatic heterocycles. The molecule has 0 N–H and O–H groups in total. The minimum absolute atomic E-state index is 0.363. The second kappa shape index (κ2) is 4.30. The number of alkyl halides is 1. The van der Waals surface area contributed by atoms with Crippen LogP contribution in [0.4, 0.5) is 0 Å². The zero-order valence-electron chi connectivity index (χ0n) is 7.00. The van der Waals surface area contributed by atoms with E-state index in [9.17, 15) is 0 Å². The summed E-state index contributed by atoms with van der Waals surface area (Å²) in [5, 5.41) is 2.90. The van der Waals surface area contributed by atoms with Gasteiger partial charge in [0.15, 0.2) is 0 Å². The molecule has 4 heteroatoms. The average Bonchev–Trinajstić information content (AvgIpc) is 2.72.